The molecule has 3 N–H and O–H groups in total. The summed E-state index contributed by atoms with van der Waals surface area (Å²) in [5.74, 6) is 5.64. The van der Waals surface area contributed by atoms with Crippen molar-refractivity contribution >= 4 is 11.3 Å². The molecule has 1 heterocycles. The Morgan fingerprint density at radius 1 is 1.24 bits per heavy atom. The van der Waals surface area contributed by atoms with Gasteiger partial charge in [0, 0.05) is 4.88 Å². The lowest BCUT2D eigenvalue weighted by Gasteiger charge is -2.15. The molecule has 0 fully saturated rings. The Hall–Kier alpha value is -1.16. The van der Waals surface area contributed by atoms with Crippen molar-refractivity contribution in [3.8, 4) is 0 Å². The average molecular weight is 246 g/mol. The monoisotopic (exact) mass is 246 g/mol. The van der Waals surface area contributed by atoms with Crippen molar-refractivity contribution in [2.45, 2.75) is 26.3 Å². The predicted octanol–water partition coefficient (Wildman–Crippen LogP) is 3.11. The molecule has 0 aliphatic rings. The molecule has 3 heteroatoms. The standard InChI is InChI=1S/C14H18N2S/c1-10-5-6-12(8-11(10)2)9-13(16-15)14-4-3-7-17-14/h3-8,13,16H,9,15H2,1-2H3. The van der Waals surface area contributed by atoms with E-state index < -0.39 is 0 Å². The second-order valence-electron chi connectivity index (χ2n) is 4.36. The van der Waals surface area contributed by atoms with E-state index in [1.54, 1.807) is 11.3 Å². The zero-order valence-electron chi connectivity index (χ0n) is 10.2. The summed E-state index contributed by atoms with van der Waals surface area (Å²) in [4.78, 5) is 1.28. The Balaban J connectivity index is 2.16. The summed E-state index contributed by atoms with van der Waals surface area (Å²) >= 11 is 1.74. The number of rotatable bonds is 4. The molecule has 2 nitrogen and oxygen atoms in total. The van der Waals surface area contributed by atoms with Gasteiger partial charge >= 0.3 is 0 Å². The van der Waals surface area contributed by atoms with Crippen molar-refractivity contribution in [1.29, 1.82) is 0 Å². The lowest BCUT2D eigenvalue weighted by atomic mass is 10.0. The van der Waals surface area contributed by atoms with Crippen molar-refractivity contribution < 1.29 is 0 Å². The van der Waals surface area contributed by atoms with Gasteiger partial charge in [0.05, 0.1) is 6.04 Å². The van der Waals surface area contributed by atoms with Gasteiger partial charge in [-0.15, -0.1) is 11.3 Å². The summed E-state index contributed by atoms with van der Waals surface area (Å²) in [7, 11) is 0. The third-order valence-corrected chi connectivity index (χ3v) is 4.08. The molecule has 90 valence electrons. The minimum Gasteiger partial charge on any atom is -0.271 e. The minimum absolute atomic E-state index is 0.206. The zero-order chi connectivity index (χ0) is 12.3. The van der Waals surface area contributed by atoms with Crippen LogP contribution in [-0.2, 0) is 6.42 Å². The van der Waals surface area contributed by atoms with Gasteiger partial charge in [0.15, 0.2) is 0 Å². The van der Waals surface area contributed by atoms with Crippen LogP contribution in [-0.4, -0.2) is 0 Å². The van der Waals surface area contributed by atoms with Gasteiger partial charge in [-0.1, -0.05) is 24.3 Å². The van der Waals surface area contributed by atoms with Crippen LogP contribution in [0, 0.1) is 13.8 Å². The Labute approximate surface area is 106 Å². The lowest BCUT2D eigenvalue weighted by Crippen LogP contribution is -2.28. The largest absolute Gasteiger partial charge is 0.271 e. The molecule has 2 rings (SSSR count). The van der Waals surface area contributed by atoms with E-state index in [0.29, 0.717) is 0 Å². The molecule has 0 aliphatic carbocycles. The second kappa shape index (κ2) is 5.45. The maximum Gasteiger partial charge on any atom is 0.0593 e. The van der Waals surface area contributed by atoms with Gasteiger partial charge in [0.2, 0.25) is 0 Å². The fourth-order valence-electron chi connectivity index (χ4n) is 1.90. The van der Waals surface area contributed by atoms with Crippen LogP contribution >= 0.6 is 11.3 Å². The summed E-state index contributed by atoms with van der Waals surface area (Å²) < 4.78 is 0. The van der Waals surface area contributed by atoms with Crippen molar-refractivity contribution in [2.24, 2.45) is 5.84 Å². The molecule has 0 radical (unpaired) electrons. The fourth-order valence-corrected chi connectivity index (χ4v) is 2.68. The van der Waals surface area contributed by atoms with Crippen LogP contribution in [0.5, 0.6) is 0 Å². The number of benzene rings is 1. The van der Waals surface area contributed by atoms with E-state index in [-0.39, 0.29) is 6.04 Å². The van der Waals surface area contributed by atoms with Gasteiger partial charge in [-0.3, -0.25) is 11.3 Å². The van der Waals surface area contributed by atoms with Crippen molar-refractivity contribution in [3.63, 3.8) is 0 Å². The molecule has 0 amide bonds. The summed E-state index contributed by atoms with van der Waals surface area (Å²) in [6.07, 6.45) is 0.929. The van der Waals surface area contributed by atoms with Crippen LogP contribution in [0.1, 0.15) is 27.6 Å². The maximum atomic E-state index is 5.64. The zero-order valence-corrected chi connectivity index (χ0v) is 11.1. The Morgan fingerprint density at radius 3 is 2.65 bits per heavy atom. The molecule has 0 saturated heterocycles. The summed E-state index contributed by atoms with van der Waals surface area (Å²) in [6.45, 7) is 4.28. The summed E-state index contributed by atoms with van der Waals surface area (Å²) in [5, 5.41) is 2.08. The second-order valence-corrected chi connectivity index (χ2v) is 5.34. The minimum atomic E-state index is 0.206. The van der Waals surface area contributed by atoms with Crippen LogP contribution in [0.4, 0.5) is 0 Å². The topological polar surface area (TPSA) is 38.0 Å². The first-order valence-electron chi connectivity index (χ1n) is 5.76. The van der Waals surface area contributed by atoms with E-state index in [0.717, 1.165) is 6.42 Å². The summed E-state index contributed by atoms with van der Waals surface area (Å²) in [5.41, 5.74) is 6.89. The first-order chi connectivity index (χ1) is 8.20. The molecular formula is C14H18N2S. The van der Waals surface area contributed by atoms with Gasteiger partial charge < -0.3 is 0 Å². The van der Waals surface area contributed by atoms with Gasteiger partial charge in [0.1, 0.15) is 0 Å². The SMILES string of the molecule is Cc1ccc(CC(NN)c2cccs2)cc1C. The van der Waals surface area contributed by atoms with E-state index in [4.69, 9.17) is 5.84 Å². The van der Waals surface area contributed by atoms with Crippen LogP contribution in [0.2, 0.25) is 0 Å². The average Bonchev–Trinajstić information content (AvgIpc) is 2.84. The highest BCUT2D eigenvalue weighted by Crippen LogP contribution is 2.23. The molecule has 2 aromatic rings. The molecule has 1 aromatic heterocycles. The van der Waals surface area contributed by atoms with E-state index in [9.17, 15) is 0 Å². The maximum absolute atomic E-state index is 5.64. The Kier molecular flexibility index (Phi) is 3.94. The van der Waals surface area contributed by atoms with Gasteiger partial charge in [-0.25, -0.2) is 0 Å². The fraction of sp³-hybridized carbons (Fsp3) is 0.286. The van der Waals surface area contributed by atoms with Crippen LogP contribution in [0.15, 0.2) is 35.7 Å². The quantitative estimate of drug-likeness (QED) is 0.642. The molecule has 1 aromatic carbocycles. The van der Waals surface area contributed by atoms with E-state index >= 15 is 0 Å². The number of nitrogens with one attached hydrogen (secondary N) is 1. The Bertz CT molecular complexity index is 477. The molecule has 0 bridgehead atoms. The number of hydrogen-bond donors (Lipinski definition) is 2. The number of thiophene rings is 1. The molecule has 0 saturated carbocycles. The first kappa shape index (κ1) is 12.3. The smallest absolute Gasteiger partial charge is 0.0593 e. The number of hydrazine groups is 1. The normalized spacial score (nSPS) is 12.6. The van der Waals surface area contributed by atoms with Crippen molar-refractivity contribution in [1.82, 2.24) is 5.43 Å². The van der Waals surface area contributed by atoms with Crippen LogP contribution < -0.4 is 11.3 Å². The van der Waals surface area contributed by atoms with Crippen molar-refractivity contribution in [2.75, 3.05) is 0 Å². The van der Waals surface area contributed by atoms with E-state index in [1.165, 1.54) is 21.6 Å². The highest BCUT2D eigenvalue weighted by molar-refractivity contribution is 7.10. The summed E-state index contributed by atoms with van der Waals surface area (Å²) in [6, 6.07) is 11.0. The van der Waals surface area contributed by atoms with Gasteiger partial charge in [0.25, 0.3) is 0 Å². The molecule has 17 heavy (non-hydrogen) atoms. The third kappa shape index (κ3) is 2.94. The molecule has 1 unspecified atom stereocenters. The predicted molar refractivity (Wildman–Crippen MR) is 74.0 cm³/mol. The molecular weight excluding hydrogens is 228 g/mol. The third-order valence-electron chi connectivity index (χ3n) is 3.10. The van der Waals surface area contributed by atoms with Crippen LogP contribution in [0.25, 0.3) is 0 Å². The number of hydrogen-bond acceptors (Lipinski definition) is 3. The van der Waals surface area contributed by atoms with Crippen LogP contribution in [0.3, 0.4) is 0 Å². The molecule has 0 spiro atoms. The number of aryl methyl sites for hydroxylation is 2. The highest BCUT2D eigenvalue weighted by Gasteiger charge is 2.11. The van der Waals surface area contributed by atoms with Gasteiger partial charge in [-0.05, 0) is 48.4 Å². The van der Waals surface area contributed by atoms with Gasteiger partial charge in [-0.2, -0.15) is 0 Å². The highest BCUT2D eigenvalue weighted by atomic mass is 32.1. The first-order valence-corrected chi connectivity index (χ1v) is 6.64. The molecule has 1 atom stereocenters. The molecule has 0 aliphatic heterocycles. The lowest BCUT2D eigenvalue weighted by molar-refractivity contribution is 0.560. The number of nitrogens with two attached hydrogens (primary N) is 1. The van der Waals surface area contributed by atoms with Crippen molar-refractivity contribution in [3.05, 3.63) is 57.3 Å². The van der Waals surface area contributed by atoms with E-state index in [1.807, 2.05) is 0 Å². The Morgan fingerprint density at radius 2 is 2.06 bits per heavy atom. The van der Waals surface area contributed by atoms with E-state index in [2.05, 4.69) is 55.0 Å².